The molecule has 22 heavy (non-hydrogen) atoms. The average Bonchev–Trinajstić information content (AvgIpc) is 2.95. The second-order valence-electron chi connectivity index (χ2n) is 4.39. The number of carbonyl (C=O) groups is 1. The summed E-state index contributed by atoms with van der Waals surface area (Å²) in [6.07, 6.45) is 0. The monoisotopic (exact) mass is 394 g/mol. The van der Waals surface area contributed by atoms with Gasteiger partial charge in [0.25, 0.3) is 0 Å². The van der Waals surface area contributed by atoms with E-state index in [1.165, 1.54) is 11.8 Å². The molecule has 0 atom stereocenters. The molecule has 0 aliphatic carbocycles. The lowest BCUT2D eigenvalue weighted by Gasteiger charge is -2.02. The second kappa shape index (κ2) is 7.76. The van der Waals surface area contributed by atoms with Gasteiger partial charge in [0.1, 0.15) is 5.75 Å². The number of thiazole rings is 1. The van der Waals surface area contributed by atoms with Gasteiger partial charge in [-0.2, -0.15) is 0 Å². The van der Waals surface area contributed by atoms with Gasteiger partial charge >= 0.3 is 0 Å². The van der Waals surface area contributed by atoms with Crippen molar-refractivity contribution >= 4 is 39.1 Å². The first kappa shape index (κ1) is 17.0. The third-order valence-electron chi connectivity index (χ3n) is 3.01. The number of carbonyl (C=O) groups excluding carboxylic acids is 1. The molecule has 0 saturated heterocycles. The van der Waals surface area contributed by atoms with E-state index in [4.69, 9.17) is 4.74 Å². The molecular weight excluding hydrogens is 382 g/mol. The summed E-state index contributed by atoms with van der Waals surface area (Å²) in [6.45, 7) is 0. The number of hydrogen-bond acceptors (Lipinski definition) is 5. The smallest absolute Gasteiger partial charge is 0.173 e. The molecule has 0 saturated carbocycles. The highest BCUT2D eigenvalue weighted by atomic mass is 79.9. The van der Waals surface area contributed by atoms with E-state index >= 15 is 0 Å². The molecule has 0 unspecified atom stereocenters. The number of ketones is 1. The molecule has 0 fully saturated rings. The molecule has 3 nitrogen and oxygen atoms in total. The van der Waals surface area contributed by atoms with Gasteiger partial charge in [-0.25, -0.2) is 4.98 Å². The highest BCUT2D eigenvalue weighted by Gasteiger charge is 2.09. The van der Waals surface area contributed by atoms with Crippen LogP contribution in [0.1, 0.15) is 10.4 Å². The number of halogens is 1. The van der Waals surface area contributed by atoms with Crippen molar-refractivity contribution < 1.29 is 26.5 Å². The molecule has 0 spiro atoms. The van der Waals surface area contributed by atoms with Crippen molar-refractivity contribution in [3.05, 3.63) is 54.1 Å². The number of benzene rings is 2. The normalized spacial score (nSPS) is 10.2. The van der Waals surface area contributed by atoms with Crippen LogP contribution in [0.2, 0.25) is 0 Å². The zero-order valence-corrected chi connectivity index (χ0v) is 15.0. The van der Waals surface area contributed by atoms with Gasteiger partial charge in [0.05, 0.1) is 23.1 Å². The Morgan fingerprint density at radius 2 is 1.91 bits per heavy atom. The van der Waals surface area contributed by atoms with Gasteiger partial charge < -0.3 is 21.7 Å². The minimum Gasteiger partial charge on any atom is -1.00 e. The minimum atomic E-state index is 0. The van der Waals surface area contributed by atoms with E-state index in [9.17, 15) is 4.79 Å². The Bertz CT molecular complexity index is 738. The number of ether oxygens (including phenoxy) is 1. The Labute approximate surface area is 147 Å². The van der Waals surface area contributed by atoms with Crippen molar-refractivity contribution in [1.29, 1.82) is 0 Å². The molecule has 0 bridgehead atoms. The van der Waals surface area contributed by atoms with Crippen molar-refractivity contribution in [2.75, 3.05) is 12.9 Å². The zero-order valence-electron chi connectivity index (χ0n) is 11.8. The number of nitrogens with zero attached hydrogens (tertiary/aromatic N) is 1. The third kappa shape index (κ3) is 3.88. The maximum atomic E-state index is 12.1. The molecule has 0 N–H and O–H groups in total. The van der Waals surface area contributed by atoms with E-state index in [0.717, 1.165) is 20.3 Å². The Morgan fingerprint density at radius 3 is 2.59 bits per heavy atom. The molecule has 3 rings (SSSR count). The molecule has 0 aliphatic heterocycles. The van der Waals surface area contributed by atoms with Crippen molar-refractivity contribution in [2.45, 2.75) is 4.34 Å². The summed E-state index contributed by atoms with van der Waals surface area (Å²) in [5.41, 5.74) is 1.69. The van der Waals surface area contributed by atoms with Crippen LogP contribution in [-0.2, 0) is 0 Å². The van der Waals surface area contributed by atoms with Crippen LogP contribution in [0, 0.1) is 0 Å². The van der Waals surface area contributed by atoms with Crippen LogP contribution in [-0.4, -0.2) is 23.6 Å². The zero-order chi connectivity index (χ0) is 14.7. The minimum absolute atomic E-state index is 0. The van der Waals surface area contributed by atoms with E-state index in [1.807, 2.05) is 24.3 Å². The summed E-state index contributed by atoms with van der Waals surface area (Å²) >= 11 is 3.11. The lowest BCUT2D eigenvalue weighted by atomic mass is 10.1. The topological polar surface area (TPSA) is 39.2 Å². The fourth-order valence-corrected chi connectivity index (χ4v) is 3.86. The lowest BCUT2D eigenvalue weighted by molar-refractivity contribution is -0.0000122. The van der Waals surface area contributed by atoms with Crippen LogP contribution in [0.4, 0.5) is 0 Å². The predicted molar refractivity (Wildman–Crippen MR) is 87.7 cm³/mol. The number of fused-ring (bicyclic) bond motifs is 1. The van der Waals surface area contributed by atoms with Crippen LogP contribution in [0.25, 0.3) is 10.2 Å². The first-order valence-electron chi connectivity index (χ1n) is 6.42. The summed E-state index contributed by atoms with van der Waals surface area (Å²) in [6, 6.07) is 15.2. The SMILES string of the molecule is COc1ccc(C(=O)CSc2nc3ccccc3s2)cc1.[Br-]. The van der Waals surface area contributed by atoms with E-state index in [-0.39, 0.29) is 22.8 Å². The predicted octanol–water partition coefficient (Wildman–Crippen LogP) is 1.28. The number of thioether (sulfide) groups is 1. The first-order chi connectivity index (χ1) is 10.3. The average molecular weight is 395 g/mol. The highest BCUT2D eigenvalue weighted by Crippen LogP contribution is 2.29. The van der Waals surface area contributed by atoms with Crippen molar-refractivity contribution in [1.82, 2.24) is 4.98 Å². The van der Waals surface area contributed by atoms with Crippen LogP contribution >= 0.6 is 23.1 Å². The van der Waals surface area contributed by atoms with Gasteiger partial charge in [-0.05, 0) is 36.4 Å². The summed E-state index contributed by atoms with van der Waals surface area (Å²) in [7, 11) is 1.61. The Hall–Kier alpha value is -1.37. The molecule has 1 heterocycles. The van der Waals surface area contributed by atoms with Crippen LogP contribution in [0.5, 0.6) is 5.75 Å². The van der Waals surface area contributed by atoms with Gasteiger partial charge in [0.15, 0.2) is 10.1 Å². The summed E-state index contributed by atoms with van der Waals surface area (Å²) in [4.78, 5) is 16.7. The Balaban J connectivity index is 0.00000176. The highest BCUT2D eigenvalue weighted by molar-refractivity contribution is 8.01. The first-order valence-corrected chi connectivity index (χ1v) is 8.22. The van der Waals surface area contributed by atoms with E-state index in [1.54, 1.807) is 42.7 Å². The van der Waals surface area contributed by atoms with Crippen molar-refractivity contribution in [3.8, 4) is 5.75 Å². The molecule has 3 aromatic rings. The van der Waals surface area contributed by atoms with E-state index in [2.05, 4.69) is 4.98 Å². The van der Waals surface area contributed by atoms with Gasteiger partial charge in [0.2, 0.25) is 0 Å². The van der Waals surface area contributed by atoms with Gasteiger partial charge in [0, 0.05) is 5.56 Å². The number of hydrogen-bond donors (Lipinski definition) is 0. The summed E-state index contributed by atoms with van der Waals surface area (Å²) in [5.74, 6) is 1.25. The van der Waals surface area contributed by atoms with Gasteiger partial charge in [-0.1, -0.05) is 23.9 Å². The molecule has 1 aromatic heterocycles. The van der Waals surface area contributed by atoms with Crippen LogP contribution in [0.15, 0.2) is 52.9 Å². The number of Topliss-reactive ketones (excluding diaryl/α,β-unsaturated/α-hetero) is 1. The molecule has 0 aliphatic rings. The fourth-order valence-electron chi connectivity index (χ4n) is 1.90. The van der Waals surface area contributed by atoms with Crippen LogP contribution < -0.4 is 21.7 Å². The standard InChI is InChI=1S/C16H13NO2S2.BrH/c1-19-12-8-6-11(7-9-12)14(18)10-20-16-17-13-4-2-3-5-15(13)21-16;/h2-9H,10H2,1H3;1H/p-1. The number of para-hydroxylation sites is 1. The Morgan fingerprint density at radius 1 is 1.18 bits per heavy atom. The molecular formula is C16H13BrNO2S2-. The maximum Gasteiger partial charge on any atom is 0.173 e. The molecule has 6 heteroatoms. The molecule has 114 valence electrons. The van der Waals surface area contributed by atoms with Crippen molar-refractivity contribution in [3.63, 3.8) is 0 Å². The lowest BCUT2D eigenvalue weighted by Crippen LogP contribution is -3.00. The van der Waals surface area contributed by atoms with Crippen molar-refractivity contribution in [2.24, 2.45) is 0 Å². The molecule has 0 amide bonds. The Kier molecular flexibility index (Phi) is 5.99. The van der Waals surface area contributed by atoms with Crippen LogP contribution in [0.3, 0.4) is 0 Å². The number of methoxy groups -OCH3 is 1. The second-order valence-corrected chi connectivity index (χ2v) is 6.64. The van der Waals surface area contributed by atoms with Gasteiger partial charge in [-0.15, -0.1) is 11.3 Å². The molecule has 0 radical (unpaired) electrons. The molecule has 2 aromatic carbocycles. The quantitative estimate of drug-likeness (QED) is 0.482. The third-order valence-corrected chi connectivity index (χ3v) is 5.19. The number of aromatic nitrogens is 1. The van der Waals surface area contributed by atoms with Gasteiger partial charge in [-0.3, -0.25) is 4.79 Å². The van der Waals surface area contributed by atoms with E-state index < -0.39 is 0 Å². The largest absolute Gasteiger partial charge is 1.00 e. The summed E-state index contributed by atoms with van der Waals surface area (Å²) in [5, 5.41) is 0. The number of rotatable bonds is 5. The van der Waals surface area contributed by atoms with E-state index in [0.29, 0.717) is 11.3 Å². The maximum absolute atomic E-state index is 12.1. The fraction of sp³-hybridized carbons (Fsp3) is 0.125. The summed E-state index contributed by atoms with van der Waals surface area (Å²) < 4.78 is 7.17.